The number of nitrogen functional groups attached to an aromatic ring is 1. The number of aromatic nitrogens is 4. The fourth-order valence-corrected chi connectivity index (χ4v) is 2.28. The molecule has 3 N–H and O–H groups in total. The summed E-state index contributed by atoms with van der Waals surface area (Å²) in [5.74, 6) is 0.299. The number of fused-ring (bicyclic) bond motifs is 1. The molecule has 0 aliphatic carbocycles. The Morgan fingerprint density at radius 1 is 1.35 bits per heavy atom. The van der Waals surface area contributed by atoms with Crippen molar-refractivity contribution in [2.45, 2.75) is 39.7 Å². The highest BCUT2D eigenvalue weighted by Crippen LogP contribution is 2.21. The van der Waals surface area contributed by atoms with E-state index in [9.17, 15) is 4.79 Å². The molecule has 0 unspecified atom stereocenters. The lowest BCUT2D eigenvalue weighted by Crippen LogP contribution is -2.28. The van der Waals surface area contributed by atoms with Crippen molar-refractivity contribution >= 4 is 23.0 Å². The van der Waals surface area contributed by atoms with Crippen LogP contribution in [0.25, 0.3) is 11.2 Å². The van der Waals surface area contributed by atoms with Crippen molar-refractivity contribution < 1.29 is 4.79 Å². The molecule has 0 atom stereocenters. The van der Waals surface area contributed by atoms with Gasteiger partial charge in [0.15, 0.2) is 5.65 Å². The smallest absolute Gasteiger partial charge is 0.240 e. The van der Waals surface area contributed by atoms with Gasteiger partial charge in [-0.05, 0) is 12.8 Å². The van der Waals surface area contributed by atoms with Gasteiger partial charge in [-0.15, -0.1) is 0 Å². The Morgan fingerprint density at radius 3 is 2.75 bits per heavy atom. The van der Waals surface area contributed by atoms with Crippen molar-refractivity contribution in [2.75, 3.05) is 12.3 Å². The minimum absolute atomic E-state index is 0.0592. The number of anilines is 1. The van der Waals surface area contributed by atoms with Gasteiger partial charge in [0.25, 0.3) is 0 Å². The number of nitrogens with zero attached hydrogens (tertiary/aromatic N) is 4. The zero-order valence-corrected chi connectivity index (χ0v) is 12.3. The van der Waals surface area contributed by atoms with Gasteiger partial charge < -0.3 is 11.1 Å². The number of hydrogen-bond acceptors (Lipinski definition) is 4. The van der Waals surface area contributed by atoms with E-state index in [4.69, 9.17) is 5.73 Å². The highest BCUT2D eigenvalue weighted by atomic mass is 16.1. The molecule has 7 heteroatoms. The molecule has 110 valence electrons. The van der Waals surface area contributed by atoms with Gasteiger partial charge in [0.2, 0.25) is 11.9 Å². The summed E-state index contributed by atoms with van der Waals surface area (Å²) in [6.45, 7) is 4.96. The molecule has 0 spiro atoms. The summed E-state index contributed by atoms with van der Waals surface area (Å²) in [6, 6.07) is 0. The Hall–Kier alpha value is -2.05. The van der Waals surface area contributed by atoms with Crippen LogP contribution in [-0.4, -0.2) is 31.8 Å². The van der Waals surface area contributed by atoms with E-state index >= 15 is 0 Å². The Kier molecular flexibility index (Phi) is 4.26. The third kappa shape index (κ3) is 2.61. The molecule has 0 aliphatic rings. The van der Waals surface area contributed by atoms with E-state index in [-0.39, 0.29) is 12.5 Å². The minimum Gasteiger partial charge on any atom is -0.369 e. The van der Waals surface area contributed by atoms with E-state index < -0.39 is 0 Å². The van der Waals surface area contributed by atoms with Gasteiger partial charge in [-0.25, -0.2) is 4.98 Å². The standard InChI is InChI=1S/C13H22N6O/c1-4-6-9-11-12(18(3)17-9)19(13(14)16-11)8-10(20)15-7-5-2/h4-8H2,1-3H3,(H2,14,16)(H,15,20). The van der Waals surface area contributed by atoms with E-state index in [1.807, 2.05) is 14.0 Å². The molecule has 0 aromatic carbocycles. The van der Waals surface area contributed by atoms with E-state index in [2.05, 4.69) is 22.3 Å². The second-order valence-electron chi connectivity index (χ2n) is 4.90. The van der Waals surface area contributed by atoms with Crippen LogP contribution < -0.4 is 11.1 Å². The first-order valence-electron chi connectivity index (χ1n) is 7.02. The summed E-state index contributed by atoms with van der Waals surface area (Å²) in [4.78, 5) is 16.2. The predicted octanol–water partition coefficient (Wildman–Crippen LogP) is 0.831. The number of aryl methyl sites for hydroxylation is 2. The van der Waals surface area contributed by atoms with Gasteiger partial charge in [0.1, 0.15) is 12.1 Å². The number of hydrogen-bond donors (Lipinski definition) is 2. The van der Waals surface area contributed by atoms with E-state index in [0.717, 1.165) is 36.1 Å². The average Bonchev–Trinajstić information content (AvgIpc) is 2.87. The van der Waals surface area contributed by atoms with E-state index in [1.54, 1.807) is 9.25 Å². The Bertz CT molecular complexity index is 612. The zero-order valence-electron chi connectivity index (χ0n) is 12.3. The van der Waals surface area contributed by atoms with Crippen molar-refractivity contribution in [1.82, 2.24) is 24.6 Å². The van der Waals surface area contributed by atoms with Crippen LogP contribution in [0.3, 0.4) is 0 Å². The Morgan fingerprint density at radius 2 is 2.10 bits per heavy atom. The van der Waals surface area contributed by atoms with Crippen molar-refractivity contribution in [3.8, 4) is 0 Å². The van der Waals surface area contributed by atoms with Crippen LogP contribution in [0.5, 0.6) is 0 Å². The van der Waals surface area contributed by atoms with Crippen molar-refractivity contribution in [2.24, 2.45) is 7.05 Å². The second kappa shape index (κ2) is 5.94. The van der Waals surface area contributed by atoms with E-state index in [0.29, 0.717) is 12.5 Å². The quantitative estimate of drug-likeness (QED) is 0.819. The lowest BCUT2D eigenvalue weighted by molar-refractivity contribution is -0.121. The molecule has 0 fully saturated rings. The highest BCUT2D eigenvalue weighted by molar-refractivity contribution is 5.82. The normalized spacial score (nSPS) is 11.2. The number of nitrogens with two attached hydrogens (primary N) is 1. The average molecular weight is 278 g/mol. The molecular weight excluding hydrogens is 256 g/mol. The molecular formula is C13H22N6O. The number of imidazole rings is 1. The second-order valence-corrected chi connectivity index (χ2v) is 4.90. The third-order valence-electron chi connectivity index (χ3n) is 3.18. The molecule has 2 aromatic heterocycles. The van der Waals surface area contributed by atoms with Gasteiger partial charge in [-0.3, -0.25) is 14.0 Å². The highest BCUT2D eigenvalue weighted by Gasteiger charge is 2.18. The molecule has 2 rings (SSSR count). The number of rotatable bonds is 6. The minimum atomic E-state index is -0.0592. The largest absolute Gasteiger partial charge is 0.369 e. The van der Waals surface area contributed by atoms with Crippen LogP contribution in [0, 0.1) is 0 Å². The van der Waals surface area contributed by atoms with Gasteiger partial charge in [-0.2, -0.15) is 5.10 Å². The van der Waals surface area contributed by atoms with Crippen LogP contribution in [-0.2, 0) is 24.8 Å². The van der Waals surface area contributed by atoms with Crippen LogP contribution in [0.1, 0.15) is 32.4 Å². The molecule has 1 amide bonds. The molecule has 2 heterocycles. The van der Waals surface area contributed by atoms with Crippen LogP contribution >= 0.6 is 0 Å². The number of amides is 1. The monoisotopic (exact) mass is 278 g/mol. The zero-order chi connectivity index (χ0) is 14.7. The molecule has 0 aliphatic heterocycles. The predicted molar refractivity (Wildman–Crippen MR) is 78.2 cm³/mol. The molecule has 20 heavy (non-hydrogen) atoms. The number of carbonyl (C=O) groups is 1. The number of nitrogens with one attached hydrogen (secondary N) is 1. The van der Waals surface area contributed by atoms with Gasteiger partial charge in [-0.1, -0.05) is 20.3 Å². The Balaban J connectivity index is 2.33. The lowest BCUT2D eigenvalue weighted by Gasteiger charge is -2.07. The van der Waals surface area contributed by atoms with Crippen molar-refractivity contribution in [3.05, 3.63) is 5.69 Å². The summed E-state index contributed by atoms with van der Waals surface area (Å²) in [5.41, 5.74) is 8.48. The topological polar surface area (TPSA) is 90.8 Å². The maximum absolute atomic E-state index is 11.9. The SMILES string of the molecule is CCCNC(=O)Cn1c(N)nc2c(CCC)nn(C)c21. The molecule has 0 saturated heterocycles. The molecule has 0 bridgehead atoms. The molecule has 0 saturated carbocycles. The van der Waals surface area contributed by atoms with Gasteiger partial charge in [0, 0.05) is 13.6 Å². The van der Waals surface area contributed by atoms with Crippen molar-refractivity contribution in [3.63, 3.8) is 0 Å². The van der Waals surface area contributed by atoms with Crippen molar-refractivity contribution in [1.29, 1.82) is 0 Å². The summed E-state index contributed by atoms with van der Waals surface area (Å²) in [7, 11) is 1.85. The molecule has 7 nitrogen and oxygen atoms in total. The summed E-state index contributed by atoms with van der Waals surface area (Å²) in [6.07, 6.45) is 2.76. The maximum Gasteiger partial charge on any atom is 0.240 e. The fourth-order valence-electron chi connectivity index (χ4n) is 2.28. The van der Waals surface area contributed by atoms with Crippen LogP contribution in [0.15, 0.2) is 0 Å². The molecule has 0 radical (unpaired) electrons. The van der Waals surface area contributed by atoms with Gasteiger partial charge in [0.05, 0.1) is 5.69 Å². The first-order chi connectivity index (χ1) is 9.58. The fraction of sp³-hybridized carbons (Fsp3) is 0.615. The summed E-state index contributed by atoms with van der Waals surface area (Å²) in [5, 5.41) is 7.30. The summed E-state index contributed by atoms with van der Waals surface area (Å²) < 4.78 is 3.46. The maximum atomic E-state index is 11.9. The lowest BCUT2D eigenvalue weighted by atomic mass is 10.2. The van der Waals surface area contributed by atoms with E-state index in [1.165, 1.54) is 0 Å². The third-order valence-corrected chi connectivity index (χ3v) is 3.18. The van der Waals surface area contributed by atoms with Gasteiger partial charge >= 0.3 is 0 Å². The summed E-state index contributed by atoms with van der Waals surface area (Å²) >= 11 is 0. The number of carbonyl (C=O) groups excluding carboxylic acids is 1. The first kappa shape index (κ1) is 14.4. The Labute approximate surface area is 118 Å². The van der Waals surface area contributed by atoms with Crippen LogP contribution in [0.2, 0.25) is 0 Å². The van der Waals surface area contributed by atoms with Crippen LogP contribution in [0.4, 0.5) is 5.95 Å². The molecule has 2 aromatic rings. The first-order valence-corrected chi connectivity index (χ1v) is 7.02.